The number of carbonyl (C=O) groups excluding carboxylic acids is 4. The van der Waals surface area contributed by atoms with Crippen LogP contribution in [-0.2, 0) is 43.5 Å². The predicted molar refractivity (Wildman–Crippen MR) is 115 cm³/mol. The molecule has 174 valence electrons. The molecule has 0 aromatic heterocycles. The molecule has 10 heteroatoms. The van der Waals surface area contributed by atoms with E-state index in [1.54, 1.807) is 31.2 Å². The van der Waals surface area contributed by atoms with Gasteiger partial charge in [-0.2, -0.15) is 0 Å². The molecule has 0 aliphatic carbocycles. The fourth-order valence-corrected chi connectivity index (χ4v) is 4.13. The second kappa shape index (κ2) is 9.19. The first kappa shape index (κ1) is 23.6. The number of hydrogen-bond donors (Lipinski definition) is 1. The molecular formula is C23H24N2O8. The summed E-state index contributed by atoms with van der Waals surface area (Å²) in [5.74, 6) is -3.76. The number of anilines is 1. The summed E-state index contributed by atoms with van der Waals surface area (Å²) in [4.78, 5) is 53.6. The van der Waals surface area contributed by atoms with Gasteiger partial charge in [0.2, 0.25) is 11.8 Å². The number of para-hydroxylation sites is 1. The van der Waals surface area contributed by atoms with Crippen LogP contribution >= 0.6 is 0 Å². The molecular weight excluding hydrogens is 432 g/mol. The minimum atomic E-state index is -2.05. The van der Waals surface area contributed by atoms with E-state index < -0.39 is 41.7 Å². The van der Waals surface area contributed by atoms with Crippen LogP contribution in [0.3, 0.4) is 0 Å². The summed E-state index contributed by atoms with van der Waals surface area (Å²) in [7, 11) is 1.11. The molecule has 1 aromatic rings. The minimum absolute atomic E-state index is 0.0321. The van der Waals surface area contributed by atoms with Crippen molar-refractivity contribution in [1.82, 2.24) is 0 Å². The van der Waals surface area contributed by atoms with Crippen molar-refractivity contribution in [1.29, 1.82) is 0 Å². The molecule has 0 bridgehead atoms. The smallest absolute Gasteiger partial charge is 0.340 e. The van der Waals surface area contributed by atoms with Gasteiger partial charge in [-0.05, 0) is 19.9 Å². The Kier molecular flexibility index (Phi) is 6.57. The molecule has 0 radical (unpaired) electrons. The molecule has 2 N–H and O–H groups in total. The van der Waals surface area contributed by atoms with Gasteiger partial charge in [0.25, 0.3) is 0 Å². The van der Waals surface area contributed by atoms with Crippen molar-refractivity contribution in [2.24, 2.45) is 5.73 Å². The van der Waals surface area contributed by atoms with Crippen LogP contribution in [-0.4, -0.2) is 50.7 Å². The highest BCUT2D eigenvalue weighted by molar-refractivity contribution is 6.23. The zero-order valence-electron chi connectivity index (χ0n) is 18.5. The van der Waals surface area contributed by atoms with Crippen molar-refractivity contribution < 1.29 is 38.1 Å². The number of esters is 3. The lowest BCUT2D eigenvalue weighted by Crippen LogP contribution is -2.51. The Balaban J connectivity index is 2.35. The first-order valence-corrected chi connectivity index (χ1v) is 10.1. The Labute approximate surface area is 190 Å². The van der Waals surface area contributed by atoms with Gasteiger partial charge in [0, 0.05) is 11.3 Å². The number of fused-ring (bicyclic) bond motifs is 2. The lowest BCUT2D eigenvalue weighted by Gasteiger charge is -2.36. The van der Waals surface area contributed by atoms with Gasteiger partial charge in [-0.1, -0.05) is 30.9 Å². The first-order valence-electron chi connectivity index (χ1n) is 10.1. The number of nitrogens with two attached hydrogens (primary N) is 1. The van der Waals surface area contributed by atoms with Crippen molar-refractivity contribution in [3.05, 3.63) is 65.3 Å². The fraction of sp³-hybridized carbons (Fsp3) is 0.304. The zero-order chi connectivity index (χ0) is 24.3. The highest BCUT2D eigenvalue weighted by Gasteiger charge is 2.64. The molecule has 1 aromatic carbocycles. The Morgan fingerprint density at radius 1 is 1.18 bits per heavy atom. The SMILES string of the molecule is C=CCOC(=O)C1=C(C)OC(N)=C(C(=O)OC)[C@]12C(=O)N(CC(=O)OCC)c1ccccc12. The van der Waals surface area contributed by atoms with Crippen LogP contribution in [0.15, 0.2) is 59.7 Å². The van der Waals surface area contributed by atoms with Crippen LogP contribution in [0.5, 0.6) is 0 Å². The summed E-state index contributed by atoms with van der Waals surface area (Å²) in [5, 5.41) is 0. The van der Waals surface area contributed by atoms with E-state index in [0.717, 1.165) is 12.0 Å². The van der Waals surface area contributed by atoms with E-state index in [4.69, 9.17) is 24.7 Å². The summed E-state index contributed by atoms with van der Waals surface area (Å²) in [5.41, 5.74) is 3.93. The van der Waals surface area contributed by atoms with Crippen LogP contribution in [0, 0.1) is 0 Å². The third-order valence-corrected chi connectivity index (χ3v) is 5.29. The lowest BCUT2D eigenvalue weighted by molar-refractivity contribution is -0.143. The zero-order valence-corrected chi connectivity index (χ0v) is 18.5. The van der Waals surface area contributed by atoms with Gasteiger partial charge in [0.1, 0.15) is 35.5 Å². The number of allylic oxidation sites excluding steroid dienone is 1. The fourth-order valence-electron chi connectivity index (χ4n) is 4.13. The van der Waals surface area contributed by atoms with Gasteiger partial charge in [-0.25, -0.2) is 9.59 Å². The normalized spacial score (nSPS) is 19.2. The van der Waals surface area contributed by atoms with Crippen molar-refractivity contribution in [3.63, 3.8) is 0 Å². The number of methoxy groups -OCH3 is 1. The van der Waals surface area contributed by atoms with Gasteiger partial charge < -0.3 is 24.7 Å². The summed E-state index contributed by atoms with van der Waals surface area (Å²) >= 11 is 0. The number of nitrogens with zero attached hydrogens (tertiary/aromatic N) is 1. The van der Waals surface area contributed by atoms with E-state index >= 15 is 0 Å². The van der Waals surface area contributed by atoms with Crippen molar-refractivity contribution >= 4 is 29.5 Å². The number of hydrogen-bond acceptors (Lipinski definition) is 9. The molecule has 0 unspecified atom stereocenters. The summed E-state index contributed by atoms with van der Waals surface area (Å²) in [6, 6.07) is 6.43. The second-order valence-corrected chi connectivity index (χ2v) is 7.11. The molecule has 0 saturated heterocycles. The molecule has 1 atom stereocenters. The molecule has 1 spiro atoms. The van der Waals surface area contributed by atoms with Crippen LogP contribution in [0.2, 0.25) is 0 Å². The molecule has 3 rings (SSSR count). The summed E-state index contributed by atoms with van der Waals surface area (Å²) in [6.45, 7) is 6.09. The monoisotopic (exact) mass is 456 g/mol. The first-order chi connectivity index (χ1) is 15.7. The third-order valence-electron chi connectivity index (χ3n) is 5.29. The quantitative estimate of drug-likeness (QED) is 0.365. The number of rotatable bonds is 7. The van der Waals surface area contributed by atoms with Crippen LogP contribution in [0.25, 0.3) is 0 Å². The Hall–Kier alpha value is -4.08. The maximum absolute atomic E-state index is 14.1. The van der Waals surface area contributed by atoms with Crippen molar-refractivity contribution in [2.75, 3.05) is 31.8 Å². The number of carbonyl (C=O) groups is 4. The number of ether oxygens (including phenoxy) is 4. The largest absolute Gasteiger partial charge is 0.465 e. The highest BCUT2D eigenvalue weighted by Crippen LogP contribution is 2.54. The van der Waals surface area contributed by atoms with Crippen LogP contribution in [0.1, 0.15) is 19.4 Å². The maximum atomic E-state index is 14.1. The van der Waals surface area contributed by atoms with Gasteiger partial charge in [-0.15, -0.1) is 0 Å². The van der Waals surface area contributed by atoms with Crippen molar-refractivity contribution in [2.45, 2.75) is 19.3 Å². The number of amides is 1. The minimum Gasteiger partial charge on any atom is -0.465 e. The van der Waals surface area contributed by atoms with E-state index in [0.29, 0.717) is 5.69 Å². The molecule has 0 saturated carbocycles. The molecule has 33 heavy (non-hydrogen) atoms. The molecule has 2 aliphatic heterocycles. The molecule has 2 heterocycles. The van der Waals surface area contributed by atoms with E-state index in [2.05, 4.69) is 6.58 Å². The lowest BCUT2D eigenvalue weighted by atomic mass is 9.67. The van der Waals surface area contributed by atoms with E-state index in [1.165, 1.54) is 13.0 Å². The summed E-state index contributed by atoms with van der Waals surface area (Å²) in [6.07, 6.45) is 1.35. The molecule has 1 amide bonds. The average Bonchev–Trinajstić information content (AvgIpc) is 3.01. The number of benzene rings is 1. The van der Waals surface area contributed by atoms with Gasteiger partial charge in [0.15, 0.2) is 0 Å². The molecule has 2 aliphatic rings. The van der Waals surface area contributed by atoms with Gasteiger partial charge >= 0.3 is 17.9 Å². The Morgan fingerprint density at radius 3 is 2.52 bits per heavy atom. The van der Waals surface area contributed by atoms with E-state index in [-0.39, 0.29) is 35.7 Å². The maximum Gasteiger partial charge on any atom is 0.340 e. The average molecular weight is 456 g/mol. The van der Waals surface area contributed by atoms with Crippen LogP contribution in [0.4, 0.5) is 5.69 Å². The molecule has 10 nitrogen and oxygen atoms in total. The standard InChI is InChI=1S/C23H24N2O8/c1-5-11-32-21(28)17-13(3)33-19(24)18(20(27)30-4)23(17)14-9-7-8-10-15(14)25(22(23)29)12-16(26)31-6-2/h5,7-10H,1,6,11-12,24H2,2-4H3/t23-/m1/s1. The molecule has 0 fully saturated rings. The summed E-state index contributed by atoms with van der Waals surface area (Å²) < 4.78 is 20.6. The highest BCUT2D eigenvalue weighted by atomic mass is 16.5. The topological polar surface area (TPSA) is 134 Å². The Bertz CT molecular complexity index is 1100. The third kappa shape index (κ3) is 3.63. The second-order valence-electron chi connectivity index (χ2n) is 7.11. The predicted octanol–water partition coefficient (Wildman–Crippen LogP) is 1.21. The van der Waals surface area contributed by atoms with E-state index in [9.17, 15) is 19.2 Å². The van der Waals surface area contributed by atoms with E-state index in [1.807, 2.05) is 0 Å². The van der Waals surface area contributed by atoms with Crippen LogP contribution < -0.4 is 10.6 Å². The Morgan fingerprint density at radius 2 is 1.88 bits per heavy atom. The van der Waals surface area contributed by atoms with Gasteiger partial charge in [-0.3, -0.25) is 14.5 Å². The van der Waals surface area contributed by atoms with Crippen molar-refractivity contribution in [3.8, 4) is 0 Å². The van der Waals surface area contributed by atoms with Gasteiger partial charge in [0.05, 0.1) is 13.7 Å².